The lowest BCUT2D eigenvalue weighted by Crippen LogP contribution is -2.26. The fourth-order valence-corrected chi connectivity index (χ4v) is 3.16. The number of hydrogen-bond acceptors (Lipinski definition) is 3. The summed E-state index contributed by atoms with van der Waals surface area (Å²) >= 11 is 5.69. The Morgan fingerprint density at radius 2 is 2.11 bits per heavy atom. The van der Waals surface area contributed by atoms with Gasteiger partial charge in [-0.1, -0.05) is 25.1 Å². The monoisotopic (exact) mass is 286 g/mol. The Labute approximate surface area is 113 Å². The average molecular weight is 287 g/mol. The highest BCUT2D eigenvalue weighted by atomic mass is 35.5. The third-order valence-corrected chi connectivity index (χ3v) is 4.28. The second kappa shape index (κ2) is 6.74. The van der Waals surface area contributed by atoms with Crippen LogP contribution < -0.4 is 4.72 Å². The molecule has 0 bridgehead atoms. The standard InChI is InChI=1S/C12H15ClN2O2S/c1-2-7-15-18(16,17)12-6-4-3-5-11(12)10(8-13)9-14/h3-6,10,15H,2,7-8H2,1H3. The van der Waals surface area contributed by atoms with Crippen molar-refractivity contribution in [1.82, 2.24) is 4.72 Å². The molecule has 98 valence electrons. The van der Waals surface area contributed by atoms with Crippen LogP contribution in [0.2, 0.25) is 0 Å². The van der Waals surface area contributed by atoms with Crippen LogP contribution in [0.4, 0.5) is 0 Å². The Hall–Kier alpha value is -1.09. The zero-order chi connectivity index (χ0) is 13.6. The van der Waals surface area contributed by atoms with Crippen LogP contribution in [-0.2, 0) is 10.0 Å². The van der Waals surface area contributed by atoms with E-state index in [1.165, 1.54) is 6.07 Å². The van der Waals surface area contributed by atoms with E-state index in [-0.39, 0.29) is 10.8 Å². The van der Waals surface area contributed by atoms with Crippen LogP contribution in [0.5, 0.6) is 0 Å². The van der Waals surface area contributed by atoms with Crippen molar-refractivity contribution in [3.63, 3.8) is 0 Å². The minimum absolute atomic E-state index is 0.0663. The Balaban J connectivity index is 3.21. The molecule has 0 fully saturated rings. The summed E-state index contributed by atoms with van der Waals surface area (Å²) in [4.78, 5) is 0.130. The molecule has 4 nitrogen and oxygen atoms in total. The van der Waals surface area contributed by atoms with Gasteiger partial charge in [0.2, 0.25) is 10.0 Å². The van der Waals surface area contributed by atoms with Crippen molar-refractivity contribution in [2.24, 2.45) is 0 Å². The van der Waals surface area contributed by atoms with Crippen LogP contribution in [0.15, 0.2) is 29.2 Å². The summed E-state index contributed by atoms with van der Waals surface area (Å²) in [5.41, 5.74) is 0.443. The van der Waals surface area contributed by atoms with Crippen LogP contribution in [-0.4, -0.2) is 20.8 Å². The highest BCUT2D eigenvalue weighted by Gasteiger charge is 2.22. The third kappa shape index (κ3) is 3.45. The van der Waals surface area contributed by atoms with E-state index >= 15 is 0 Å². The molecule has 18 heavy (non-hydrogen) atoms. The second-order valence-electron chi connectivity index (χ2n) is 3.77. The molecule has 0 aromatic heterocycles. The Bertz CT molecular complexity index is 537. The van der Waals surface area contributed by atoms with Crippen molar-refractivity contribution >= 4 is 21.6 Å². The highest BCUT2D eigenvalue weighted by Crippen LogP contribution is 2.24. The number of nitrogens with zero attached hydrogens (tertiary/aromatic N) is 1. The smallest absolute Gasteiger partial charge is 0.211 e. The van der Waals surface area contributed by atoms with E-state index in [4.69, 9.17) is 16.9 Å². The normalized spacial score (nSPS) is 12.9. The molecule has 0 aliphatic carbocycles. The first-order chi connectivity index (χ1) is 8.56. The van der Waals surface area contributed by atoms with Gasteiger partial charge in [0, 0.05) is 12.4 Å². The Morgan fingerprint density at radius 1 is 1.44 bits per heavy atom. The molecule has 1 atom stereocenters. The molecule has 0 heterocycles. The van der Waals surface area contributed by atoms with Gasteiger partial charge < -0.3 is 0 Å². The molecule has 1 N–H and O–H groups in total. The minimum Gasteiger partial charge on any atom is -0.211 e. The van der Waals surface area contributed by atoms with Gasteiger partial charge in [-0.2, -0.15) is 5.26 Å². The molecule has 0 aliphatic rings. The predicted molar refractivity (Wildman–Crippen MR) is 71.0 cm³/mol. The topological polar surface area (TPSA) is 70.0 Å². The lowest BCUT2D eigenvalue weighted by Gasteiger charge is -2.13. The zero-order valence-corrected chi connectivity index (χ0v) is 11.6. The fourth-order valence-electron chi connectivity index (χ4n) is 1.51. The van der Waals surface area contributed by atoms with Crippen LogP contribution in [0.3, 0.4) is 0 Å². The minimum atomic E-state index is -3.58. The molecule has 0 aliphatic heterocycles. The first-order valence-corrected chi connectivity index (χ1v) is 7.62. The predicted octanol–water partition coefficient (Wildman–Crippen LogP) is 2.22. The Kier molecular flexibility index (Phi) is 5.60. The van der Waals surface area contributed by atoms with Crippen LogP contribution in [0, 0.1) is 11.3 Å². The summed E-state index contributed by atoms with van der Waals surface area (Å²) in [6.45, 7) is 2.25. The van der Waals surface area contributed by atoms with Crippen molar-refractivity contribution in [1.29, 1.82) is 5.26 Å². The maximum atomic E-state index is 12.1. The van der Waals surface area contributed by atoms with E-state index in [2.05, 4.69) is 4.72 Å². The first kappa shape index (κ1) is 15.0. The number of rotatable bonds is 6. The quantitative estimate of drug-likeness (QED) is 0.815. The van der Waals surface area contributed by atoms with E-state index in [1.54, 1.807) is 18.2 Å². The molecular formula is C12H15ClN2O2S. The van der Waals surface area contributed by atoms with Crippen molar-refractivity contribution in [3.05, 3.63) is 29.8 Å². The molecule has 6 heteroatoms. The van der Waals surface area contributed by atoms with E-state index in [9.17, 15) is 8.42 Å². The van der Waals surface area contributed by atoms with Gasteiger partial charge in [0.15, 0.2) is 0 Å². The molecule has 0 saturated heterocycles. The van der Waals surface area contributed by atoms with Gasteiger partial charge in [0.1, 0.15) is 0 Å². The van der Waals surface area contributed by atoms with E-state index in [0.717, 1.165) is 0 Å². The van der Waals surface area contributed by atoms with Gasteiger partial charge >= 0.3 is 0 Å². The summed E-state index contributed by atoms with van der Waals surface area (Å²) in [5, 5.41) is 9.00. The molecule has 0 radical (unpaired) electrons. The summed E-state index contributed by atoms with van der Waals surface area (Å²) in [6, 6.07) is 8.46. The van der Waals surface area contributed by atoms with Crippen molar-refractivity contribution in [2.45, 2.75) is 24.2 Å². The number of halogens is 1. The maximum Gasteiger partial charge on any atom is 0.240 e. The van der Waals surface area contributed by atoms with Crippen molar-refractivity contribution < 1.29 is 8.42 Å². The van der Waals surface area contributed by atoms with E-state index in [0.29, 0.717) is 18.5 Å². The number of nitriles is 1. The number of sulfonamides is 1. The summed E-state index contributed by atoms with van der Waals surface area (Å²) in [6.07, 6.45) is 0.707. The highest BCUT2D eigenvalue weighted by molar-refractivity contribution is 7.89. The number of alkyl halides is 1. The number of hydrogen-bond donors (Lipinski definition) is 1. The van der Waals surface area contributed by atoms with Gasteiger partial charge in [0.25, 0.3) is 0 Å². The SMILES string of the molecule is CCCNS(=O)(=O)c1ccccc1C(C#N)CCl. The largest absolute Gasteiger partial charge is 0.240 e. The van der Waals surface area contributed by atoms with E-state index < -0.39 is 15.9 Å². The molecule has 1 unspecified atom stereocenters. The first-order valence-electron chi connectivity index (χ1n) is 5.61. The van der Waals surface area contributed by atoms with Crippen molar-refractivity contribution in [2.75, 3.05) is 12.4 Å². The lowest BCUT2D eigenvalue weighted by molar-refractivity contribution is 0.579. The Morgan fingerprint density at radius 3 is 2.67 bits per heavy atom. The number of benzene rings is 1. The summed E-state index contributed by atoms with van der Waals surface area (Å²) in [7, 11) is -3.58. The van der Waals surface area contributed by atoms with Crippen LogP contribution >= 0.6 is 11.6 Å². The molecule has 0 amide bonds. The fraction of sp³-hybridized carbons (Fsp3) is 0.417. The van der Waals surface area contributed by atoms with Crippen molar-refractivity contribution in [3.8, 4) is 6.07 Å². The van der Waals surface area contributed by atoms with Gasteiger partial charge in [-0.3, -0.25) is 0 Å². The zero-order valence-electron chi connectivity index (χ0n) is 10.1. The molecule has 1 aromatic carbocycles. The molecule has 1 rings (SSSR count). The molecule has 0 spiro atoms. The summed E-state index contributed by atoms with van der Waals surface area (Å²) < 4.78 is 26.7. The number of nitrogens with one attached hydrogen (secondary N) is 1. The van der Waals surface area contributed by atoms with Gasteiger partial charge in [0.05, 0.1) is 16.9 Å². The third-order valence-electron chi connectivity index (χ3n) is 2.44. The lowest BCUT2D eigenvalue weighted by atomic mass is 10.0. The van der Waals surface area contributed by atoms with E-state index in [1.807, 2.05) is 13.0 Å². The van der Waals surface area contributed by atoms with Crippen LogP contribution in [0.25, 0.3) is 0 Å². The molecule has 0 saturated carbocycles. The molecular weight excluding hydrogens is 272 g/mol. The summed E-state index contributed by atoms with van der Waals surface area (Å²) in [5.74, 6) is -0.558. The molecule has 1 aromatic rings. The second-order valence-corrected chi connectivity index (χ2v) is 5.82. The average Bonchev–Trinajstić information content (AvgIpc) is 2.38. The maximum absolute atomic E-state index is 12.1. The van der Waals surface area contributed by atoms with Gasteiger partial charge in [-0.05, 0) is 18.1 Å². The van der Waals surface area contributed by atoms with Crippen LogP contribution in [0.1, 0.15) is 24.8 Å². The van der Waals surface area contributed by atoms with Gasteiger partial charge in [-0.15, -0.1) is 11.6 Å². The van der Waals surface area contributed by atoms with Gasteiger partial charge in [-0.25, -0.2) is 13.1 Å².